The monoisotopic (exact) mass is 496 g/mol. The zero-order chi connectivity index (χ0) is 24.0. The summed E-state index contributed by atoms with van der Waals surface area (Å²) < 4.78 is 51.9. The molecule has 0 amide bonds. The number of imidazole rings is 1. The van der Waals surface area contributed by atoms with E-state index in [0.29, 0.717) is 22.2 Å². The van der Waals surface area contributed by atoms with Gasteiger partial charge < -0.3 is 22.2 Å². The number of hydrogen-bond acceptors (Lipinski definition) is 12. The van der Waals surface area contributed by atoms with Gasteiger partial charge in [0.2, 0.25) is 10.0 Å². The van der Waals surface area contributed by atoms with Crippen molar-refractivity contribution in [1.82, 2.24) is 31.9 Å². The van der Waals surface area contributed by atoms with Crippen molar-refractivity contribution in [1.29, 1.82) is 0 Å². The molecule has 1 atom stereocenters. The van der Waals surface area contributed by atoms with Crippen LogP contribution in [0.25, 0.3) is 22.2 Å². The van der Waals surface area contributed by atoms with Crippen LogP contribution in [0.4, 0.5) is 5.95 Å². The lowest BCUT2D eigenvalue weighted by Gasteiger charge is -2.22. The summed E-state index contributed by atoms with van der Waals surface area (Å²) in [5, 5.41) is 5.56. The van der Waals surface area contributed by atoms with E-state index in [1.165, 1.54) is 12.1 Å². The summed E-state index contributed by atoms with van der Waals surface area (Å²) in [7, 11) is -8.72. The van der Waals surface area contributed by atoms with Crippen LogP contribution in [0.5, 0.6) is 0 Å². The molecule has 0 saturated carbocycles. The summed E-state index contributed by atoms with van der Waals surface area (Å²) in [6.07, 6.45) is -0.891. The minimum absolute atomic E-state index is 0.0615. The van der Waals surface area contributed by atoms with Gasteiger partial charge in [-0.3, -0.25) is 0 Å². The van der Waals surface area contributed by atoms with Crippen LogP contribution >= 0.6 is 0 Å². The Hall–Kier alpha value is -2.67. The third-order valence-corrected chi connectivity index (χ3v) is 8.14. The summed E-state index contributed by atoms with van der Waals surface area (Å²) in [6.45, 7) is -0.100. The maximum Gasteiger partial charge on any atom is 0.239 e. The predicted octanol–water partition coefficient (Wildman–Crippen LogP) is -2.37. The number of nitrogens with two attached hydrogens (primary N) is 4. The van der Waals surface area contributed by atoms with E-state index in [9.17, 15) is 16.8 Å². The molecule has 3 aromatic rings. The zero-order valence-corrected chi connectivity index (χ0v) is 18.8. The fourth-order valence-corrected chi connectivity index (χ4v) is 6.90. The molecule has 1 aliphatic heterocycles. The molecule has 1 fully saturated rings. The van der Waals surface area contributed by atoms with Crippen molar-refractivity contribution >= 4 is 36.8 Å². The number of para-hydroxylation sites is 1. The number of anilines is 1. The van der Waals surface area contributed by atoms with E-state index in [-0.39, 0.29) is 18.1 Å². The molecular formula is C17H24N10O4S2. The van der Waals surface area contributed by atoms with Gasteiger partial charge in [0.25, 0.3) is 0 Å². The van der Waals surface area contributed by atoms with E-state index < -0.39 is 47.6 Å². The molecule has 1 aromatic heterocycles. The van der Waals surface area contributed by atoms with E-state index in [2.05, 4.69) is 31.9 Å². The predicted molar refractivity (Wildman–Crippen MR) is 122 cm³/mol. The number of nitrogen functional groups attached to an aromatic ring is 1. The Kier molecular flexibility index (Phi) is 6.12. The third-order valence-electron chi connectivity index (χ3n) is 5.12. The van der Waals surface area contributed by atoms with Gasteiger partial charge in [0, 0.05) is 23.7 Å². The summed E-state index contributed by atoms with van der Waals surface area (Å²) in [6, 6.07) is 6.99. The molecule has 0 bridgehead atoms. The van der Waals surface area contributed by atoms with Crippen molar-refractivity contribution in [3.63, 3.8) is 0 Å². The second-order valence-corrected chi connectivity index (χ2v) is 11.0. The molecule has 33 heavy (non-hydrogen) atoms. The van der Waals surface area contributed by atoms with Crippen molar-refractivity contribution in [3.8, 4) is 11.1 Å². The van der Waals surface area contributed by atoms with Crippen LogP contribution in [0.2, 0.25) is 0 Å². The first-order chi connectivity index (χ1) is 15.5. The molecule has 0 spiro atoms. The zero-order valence-electron chi connectivity index (χ0n) is 17.2. The summed E-state index contributed by atoms with van der Waals surface area (Å²) in [5.41, 5.74) is 29.8. The van der Waals surface area contributed by atoms with Gasteiger partial charge in [0.1, 0.15) is 11.1 Å². The molecule has 16 heteroatoms. The van der Waals surface area contributed by atoms with Crippen LogP contribution in [0.3, 0.4) is 0 Å². The topological polar surface area (TPSA) is 249 Å². The maximum atomic E-state index is 13.1. The van der Waals surface area contributed by atoms with Crippen molar-refractivity contribution in [3.05, 3.63) is 35.9 Å². The van der Waals surface area contributed by atoms with Crippen LogP contribution in [-0.4, -0.2) is 45.1 Å². The number of hydrogen-bond donors (Lipinski definition) is 9. The van der Waals surface area contributed by atoms with Gasteiger partial charge in [-0.2, -0.15) is 11.1 Å². The Labute approximate surface area is 189 Å². The smallest absolute Gasteiger partial charge is 0.239 e. The van der Waals surface area contributed by atoms with Crippen molar-refractivity contribution in [2.24, 2.45) is 16.6 Å². The van der Waals surface area contributed by atoms with Gasteiger partial charge in [-0.1, -0.05) is 18.2 Å². The summed E-state index contributed by atoms with van der Waals surface area (Å²) in [4.78, 5) is 6.16. The molecule has 2 aromatic carbocycles. The number of nitrogens with one attached hydrogen (secondary N) is 5. The highest BCUT2D eigenvalue weighted by molar-refractivity contribution is 7.93. The highest BCUT2D eigenvalue weighted by Crippen LogP contribution is 2.39. The number of sulfonamides is 1. The van der Waals surface area contributed by atoms with E-state index in [1.807, 2.05) is 0 Å². The molecular weight excluding hydrogens is 472 g/mol. The number of primary sulfonamides is 1. The average Bonchev–Trinajstić information content (AvgIpc) is 3.40. The SMILES string of the molecule is NC[C@H](N)CS(=O)(=O)c1ccc(-c2cccc3[nH]c(N)nc23)c(C2NNNN2)c1S(N)(=O)=O. The first-order valence-electron chi connectivity index (χ1n) is 9.66. The second kappa shape index (κ2) is 8.60. The normalized spacial score (nSPS) is 16.5. The Bertz CT molecular complexity index is 1420. The highest BCUT2D eigenvalue weighted by Gasteiger charge is 2.35. The number of H-pyrrole nitrogens is 1. The second-order valence-electron chi connectivity index (χ2n) is 7.47. The van der Waals surface area contributed by atoms with Crippen LogP contribution in [0.1, 0.15) is 11.7 Å². The molecule has 178 valence electrons. The number of aromatic nitrogens is 2. The maximum absolute atomic E-state index is 13.1. The van der Waals surface area contributed by atoms with Gasteiger partial charge in [0.15, 0.2) is 15.8 Å². The quantitative estimate of drug-likeness (QED) is 0.166. The fraction of sp³-hybridized carbons (Fsp3) is 0.235. The summed E-state index contributed by atoms with van der Waals surface area (Å²) in [5.74, 6) is -0.390. The van der Waals surface area contributed by atoms with E-state index in [0.717, 1.165) is 0 Å². The Morgan fingerprint density at radius 3 is 2.36 bits per heavy atom. The lowest BCUT2D eigenvalue weighted by Crippen LogP contribution is -2.37. The van der Waals surface area contributed by atoms with E-state index in [1.54, 1.807) is 18.2 Å². The van der Waals surface area contributed by atoms with Crippen LogP contribution in [-0.2, 0) is 19.9 Å². The highest BCUT2D eigenvalue weighted by atomic mass is 32.2. The third kappa shape index (κ3) is 4.43. The molecule has 0 aliphatic carbocycles. The molecule has 4 rings (SSSR count). The number of aromatic amines is 1. The van der Waals surface area contributed by atoms with Crippen molar-refractivity contribution < 1.29 is 16.8 Å². The summed E-state index contributed by atoms with van der Waals surface area (Å²) >= 11 is 0. The van der Waals surface area contributed by atoms with Crippen LogP contribution < -0.4 is 44.3 Å². The van der Waals surface area contributed by atoms with Gasteiger partial charge in [0.05, 0.1) is 21.7 Å². The minimum Gasteiger partial charge on any atom is -0.369 e. The van der Waals surface area contributed by atoms with Gasteiger partial charge in [-0.15, -0.1) is 0 Å². The van der Waals surface area contributed by atoms with Gasteiger partial charge in [-0.05, 0) is 17.7 Å². The molecule has 13 N–H and O–H groups in total. The first-order valence-corrected chi connectivity index (χ1v) is 12.9. The number of fused-ring (bicyclic) bond motifs is 1. The molecule has 1 aliphatic rings. The molecule has 2 heterocycles. The minimum atomic E-state index is -4.55. The lowest BCUT2D eigenvalue weighted by atomic mass is 9.96. The van der Waals surface area contributed by atoms with Gasteiger partial charge in [-0.25, -0.2) is 37.8 Å². The number of sulfone groups is 1. The van der Waals surface area contributed by atoms with E-state index in [4.69, 9.17) is 22.3 Å². The van der Waals surface area contributed by atoms with Gasteiger partial charge >= 0.3 is 0 Å². The number of nitrogens with zero attached hydrogens (tertiary/aromatic N) is 1. The van der Waals surface area contributed by atoms with E-state index >= 15 is 0 Å². The molecule has 1 saturated heterocycles. The number of hydrazine groups is 3. The Balaban J connectivity index is 2.07. The van der Waals surface area contributed by atoms with Crippen LogP contribution in [0, 0.1) is 0 Å². The Morgan fingerprint density at radius 2 is 1.73 bits per heavy atom. The molecule has 0 unspecified atom stereocenters. The molecule has 14 nitrogen and oxygen atoms in total. The fourth-order valence-electron chi connectivity index (χ4n) is 3.74. The number of benzene rings is 2. The number of rotatable bonds is 7. The standard InChI is InChI=1S/C17H24N10O4S2/c18-6-8(19)7-32(28,29)12-5-4-9(10-2-1-3-11-14(10)23-17(20)22-11)13(15(12)33(21,30)31)16-24-26-27-25-16/h1-5,8,16,24-27H,6-7,18-19H2,(H3,20,22,23)(H2,21,30,31)/t8-/m0/s1. The average molecular weight is 497 g/mol. The largest absolute Gasteiger partial charge is 0.369 e. The molecule has 0 radical (unpaired) electrons. The Morgan fingerprint density at radius 1 is 1.03 bits per heavy atom. The van der Waals surface area contributed by atoms with Crippen molar-refractivity contribution in [2.45, 2.75) is 22.0 Å². The van der Waals surface area contributed by atoms with Crippen molar-refractivity contribution in [2.75, 3.05) is 18.0 Å². The lowest BCUT2D eigenvalue weighted by molar-refractivity contribution is 0.534. The van der Waals surface area contributed by atoms with Crippen LogP contribution in [0.15, 0.2) is 40.1 Å². The first kappa shape index (κ1) is 23.5.